The van der Waals surface area contributed by atoms with Crippen LogP contribution in [-0.4, -0.2) is 78.6 Å². The maximum Gasteiger partial charge on any atom is 0.337 e. The zero-order valence-corrected chi connectivity index (χ0v) is 32.5. The Balaban J connectivity index is 1.49. The molecule has 0 bridgehead atoms. The molecule has 0 radical (unpaired) electrons. The van der Waals surface area contributed by atoms with E-state index in [1.54, 1.807) is 53.7 Å². The number of carbonyl (C=O) groups excluding carboxylic acids is 1. The molecular formula is C47H35N3O10. The molecule has 0 saturated heterocycles. The summed E-state index contributed by atoms with van der Waals surface area (Å²) in [5.74, 6) is -2.54. The Morgan fingerprint density at radius 1 is 0.633 bits per heavy atom. The summed E-state index contributed by atoms with van der Waals surface area (Å²) in [4.78, 5) is 40.8. The highest BCUT2D eigenvalue weighted by atomic mass is 16.5. The molecule has 5 aromatic rings. The smallest absolute Gasteiger partial charge is 0.337 e. The van der Waals surface area contributed by atoms with Crippen molar-refractivity contribution in [3.8, 4) is 40.2 Å². The molecule has 1 aliphatic carbocycles. The van der Waals surface area contributed by atoms with Crippen LogP contribution in [0.2, 0.25) is 0 Å². The Morgan fingerprint density at radius 3 is 1.70 bits per heavy atom. The van der Waals surface area contributed by atoms with Crippen molar-refractivity contribution in [1.29, 1.82) is 0 Å². The lowest BCUT2D eigenvalue weighted by molar-refractivity contribution is -0.116. The van der Waals surface area contributed by atoms with Crippen LogP contribution in [0, 0.1) is 0 Å². The van der Waals surface area contributed by atoms with Crippen LogP contribution in [0.15, 0.2) is 124 Å². The molecule has 298 valence electrons. The molecule has 0 fully saturated rings. The van der Waals surface area contributed by atoms with Gasteiger partial charge in [0.15, 0.2) is 34.3 Å². The molecule has 9 rings (SSSR count). The van der Waals surface area contributed by atoms with E-state index in [2.05, 4.69) is 4.99 Å². The molecule has 0 saturated carbocycles. The number of aromatic carboxylic acids is 1. The van der Waals surface area contributed by atoms with Crippen LogP contribution >= 0.6 is 0 Å². The van der Waals surface area contributed by atoms with Crippen LogP contribution < -0.4 is 23.8 Å². The van der Waals surface area contributed by atoms with Gasteiger partial charge in [0.2, 0.25) is 11.5 Å². The molecule has 3 aliphatic heterocycles. The van der Waals surface area contributed by atoms with Gasteiger partial charge >= 0.3 is 5.97 Å². The van der Waals surface area contributed by atoms with Crippen molar-refractivity contribution in [1.82, 2.24) is 0 Å². The molecule has 0 amide bonds. The van der Waals surface area contributed by atoms with Gasteiger partial charge in [0, 0.05) is 51.4 Å². The minimum absolute atomic E-state index is 0.0278. The van der Waals surface area contributed by atoms with E-state index >= 15 is 4.79 Å². The summed E-state index contributed by atoms with van der Waals surface area (Å²) < 4.78 is 22.5. The summed E-state index contributed by atoms with van der Waals surface area (Å²) in [5.41, 5.74) is 3.57. The first kappa shape index (κ1) is 37.5. The number of carbonyl (C=O) groups is 2. The van der Waals surface area contributed by atoms with Gasteiger partial charge in [-0.25, -0.2) is 4.79 Å². The van der Waals surface area contributed by atoms with Crippen molar-refractivity contribution < 1.29 is 49.0 Å². The van der Waals surface area contributed by atoms with Crippen molar-refractivity contribution in [3.63, 3.8) is 0 Å². The van der Waals surface area contributed by atoms with E-state index in [0.29, 0.717) is 61.6 Å². The summed E-state index contributed by atoms with van der Waals surface area (Å²) in [5, 5.41) is 43.8. The fourth-order valence-corrected chi connectivity index (χ4v) is 8.46. The number of carboxylic acids is 1. The number of hydrogen-bond donors (Lipinski definition) is 4. The van der Waals surface area contributed by atoms with Gasteiger partial charge in [0.25, 0.3) is 0 Å². The lowest BCUT2D eigenvalue weighted by Crippen LogP contribution is -2.52. The highest BCUT2D eigenvalue weighted by Crippen LogP contribution is 2.60. The predicted molar refractivity (Wildman–Crippen MR) is 227 cm³/mol. The Bertz CT molecular complexity index is 2870. The fourth-order valence-electron chi connectivity index (χ4n) is 8.46. The summed E-state index contributed by atoms with van der Waals surface area (Å²) in [6.45, 7) is 0. The number of fused-ring (bicyclic) bond motifs is 2. The second kappa shape index (κ2) is 14.1. The number of phenolic OH excluding ortho intramolecular Hbond substituents is 3. The number of aromatic hydroxyl groups is 3. The molecule has 13 nitrogen and oxygen atoms in total. The molecule has 13 heteroatoms. The number of Topliss-reactive ketones (excluding diaryl/α,β-unsaturated/α-hetero) is 1. The molecular weight excluding hydrogens is 767 g/mol. The van der Waals surface area contributed by atoms with Gasteiger partial charge in [-0.2, -0.15) is 0 Å². The van der Waals surface area contributed by atoms with E-state index in [9.17, 15) is 25.2 Å². The van der Waals surface area contributed by atoms with Crippen LogP contribution in [0.1, 0.15) is 32.6 Å². The average molecular weight is 802 g/mol. The van der Waals surface area contributed by atoms with Gasteiger partial charge in [0.05, 0.1) is 56.8 Å². The summed E-state index contributed by atoms with van der Waals surface area (Å²) in [6.07, 6.45) is 6.84. The third-order valence-electron chi connectivity index (χ3n) is 11.2. The van der Waals surface area contributed by atoms with Crippen molar-refractivity contribution in [2.75, 3.05) is 33.3 Å². The number of methoxy groups -OCH3 is 4. The normalized spacial score (nSPS) is 19.7. The average Bonchev–Trinajstić information content (AvgIpc) is 4.04. The maximum absolute atomic E-state index is 16.5. The number of allylic oxidation sites excluding steroid dienone is 3. The minimum atomic E-state index is -1.98. The molecule has 4 N–H and O–H groups in total. The highest BCUT2D eigenvalue weighted by molar-refractivity contribution is 6.37. The molecule has 1 atom stereocenters. The second-order valence-electron chi connectivity index (χ2n) is 14.1. The van der Waals surface area contributed by atoms with Gasteiger partial charge in [-0.05, 0) is 77.9 Å². The number of para-hydroxylation sites is 2. The molecule has 5 aromatic carbocycles. The third kappa shape index (κ3) is 5.39. The van der Waals surface area contributed by atoms with E-state index in [1.165, 1.54) is 40.6 Å². The lowest BCUT2D eigenvalue weighted by atomic mass is 9.76. The standard InChI is InChI=1S/C47H35N3O10/c1-57-39-15-24(16-40(58-2)43(39)52)33-20-29(31-22-48-35-11-7-5-9-27(31)35)45(54)47(33)34(32-23-49-36-12-8-6-10-28(32)36)21-38(25-17-41(59-3)44(53)42(18-25)60-4)50(47)37-14-13-26(51)19-30(37)46(55)56/h5-23,51-53H,1-4H3,(H,55,56). The van der Waals surface area contributed by atoms with E-state index in [4.69, 9.17) is 23.9 Å². The number of ketones is 1. The Labute approximate surface area is 343 Å². The number of ether oxygens (including phenoxy) is 4. The van der Waals surface area contributed by atoms with Gasteiger partial charge in [-0.15, -0.1) is 0 Å². The molecule has 1 spiro atoms. The predicted octanol–water partition coefficient (Wildman–Crippen LogP) is 8.14. The first-order valence-electron chi connectivity index (χ1n) is 18.6. The van der Waals surface area contributed by atoms with Crippen LogP contribution in [0.25, 0.3) is 22.4 Å². The van der Waals surface area contributed by atoms with Crippen molar-refractivity contribution in [3.05, 3.63) is 142 Å². The maximum atomic E-state index is 16.5. The van der Waals surface area contributed by atoms with Crippen LogP contribution in [0.3, 0.4) is 0 Å². The van der Waals surface area contributed by atoms with E-state index < -0.39 is 17.3 Å². The Hall–Kier alpha value is -8.06. The lowest BCUT2D eigenvalue weighted by Gasteiger charge is -2.42. The monoisotopic (exact) mass is 801 g/mol. The van der Waals surface area contributed by atoms with Crippen LogP contribution in [-0.2, 0) is 4.79 Å². The van der Waals surface area contributed by atoms with Gasteiger partial charge in [-0.1, -0.05) is 36.4 Å². The number of hydrogen-bond acceptors (Lipinski definition) is 12. The number of carboxylic acid groups (broad SMARTS) is 1. The quantitative estimate of drug-likeness (QED) is 0.111. The minimum Gasteiger partial charge on any atom is -0.508 e. The third-order valence-corrected chi connectivity index (χ3v) is 11.2. The molecule has 1 unspecified atom stereocenters. The topological polar surface area (TPSA) is 180 Å². The van der Waals surface area contributed by atoms with E-state index in [1.807, 2.05) is 48.5 Å². The van der Waals surface area contributed by atoms with Crippen molar-refractivity contribution in [2.24, 2.45) is 9.98 Å². The second-order valence-corrected chi connectivity index (χ2v) is 14.1. The Kier molecular flexibility index (Phi) is 8.81. The van der Waals surface area contributed by atoms with Crippen molar-refractivity contribution >= 4 is 63.7 Å². The highest BCUT2D eigenvalue weighted by Gasteiger charge is 2.61. The van der Waals surface area contributed by atoms with Crippen molar-refractivity contribution in [2.45, 2.75) is 5.54 Å². The first-order valence-corrected chi connectivity index (χ1v) is 18.6. The molecule has 3 heterocycles. The largest absolute Gasteiger partial charge is 0.508 e. The van der Waals surface area contributed by atoms with E-state index in [-0.39, 0.29) is 57.1 Å². The molecule has 60 heavy (non-hydrogen) atoms. The molecule has 4 aliphatic rings. The zero-order chi connectivity index (χ0) is 42.0. The number of anilines is 1. The number of phenols is 3. The fraction of sp³-hybridized carbons (Fsp3) is 0.106. The number of benzene rings is 5. The SMILES string of the molecule is COc1cc(C2=CC(=C3C=Nc4ccccc43)C3(C(=O)C(=C4C=Nc5ccccc54)C=C3c3cc(OC)c(O)c(OC)c3)N2c2ccc(O)cc2C(=O)O)cc(OC)c1O. The zero-order valence-electron chi connectivity index (χ0n) is 32.5. The molecule has 0 aromatic heterocycles. The number of rotatable bonds is 8. The summed E-state index contributed by atoms with van der Waals surface area (Å²) >= 11 is 0. The first-order chi connectivity index (χ1) is 29.0. The van der Waals surface area contributed by atoms with Crippen LogP contribution in [0.4, 0.5) is 17.1 Å². The van der Waals surface area contributed by atoms with Gasteiger partial charge in [-0.3, -0.25) is 14.8 Å². The number of aliphatic imine (C=N–C) groups is 2. The van der Waals surface area contributed by atoms with Crippen LogP contribution in [0.5, 0.6) is 40.2 Å². The Morgan fingerprint density at radius 2 is 1.15 bits per heavy atom. The summed E-state index contributed by atoms with van der Waals surface area (Å²) in [7, 11) is 5.55. The van der Waals surface area contributed by atoms with Gasteiger partial charge < -0.3 is 44.3 Å². The summed E-state index contributed by atoms with van der Waals surface area (Å²) in [6, 6.07) is 25.1. The van der Waals surface area contributed by atoms with Gasteiger partial charge in [0.1, 0.15) is 5.75 Å². The van der Waals surface area contributed by atoms with E-state index in [0.717, 1.165) is 6.07 Å². The number of nitrogens with zero attached hydrogens (tertiary/aromatic N) is 3.